The van der Waals surface area contributed by atoms with Gasteiger partial charge in [-0.1, -0.05) is 123 Å². The van der Waals surface area contributed by atoms with Crippen LogP contribution in [0, 0.1) is 0 Å². The number of benzene rings is 4. The molecule has 0 saturated carbocycles. The number of hydrogen-bond donors (Lipinski definition) is 2. The van der Waals surface area contributed by atoms with Gasteiger partial charge >= 0.3 is 0 Å². The predicted octanol–water partition coefficient (Wildman–Crippen LogP) is 9.23. The van der Waals surface area contributed by atoms with Gasteiger partial charge in [0, 0.05) is 11.5 Å². The summed E-state index contributed by atoms with van der Waals surface area (Å²) in [4.78, 5) is 0. The van der Waals surface area contributed by atoms with Crippen molar-refractivity contribution in [2.75, 3.05) is 0 Å². The summed E-state index contributed by atoms with van der Waals surface area (Å²) >= 11 is 8.88. The Labute approximate surface area is 227 Å². The van der Waals surface area contributed by atoms with Crippen LogP contribution in [0.1, 0.15) is 58.4 Å². The van der Waals surface area contributed by atoms with Gasteiger partial charge in [-0.05, 0) is 68.5 Å². The van der Waals surface area contributed by atoms with Gasteiger partial charge in [-0.25, -0.2) is 0 Å². The van der Waals surface area contributed by atoms with Gasteiger partial charge < -0.3 is 0 Å². The maximum atomic E-state index is 4.44. The second kappa shape index (κ2) is 12.9. The molecule has 4 aromatic rings. The van der Waals surface area contributed by atoms with E-state index in [1.54, 1.807) is 0 Å². The fourth-order valence-electron chi connectivity index (χ4n) is 4.38. The van der Waals surface area contributed by atoms with Crippen LogP contribution in [-0.4, -0.2) is 0 Å². The molecule has 0 aromatic heterocycles. The number of aryl methyl sites for hydroxylation is 2. The molecule has 182 valence electrons. The third kappa shape index (κ3) is 6.43. The highest BCUT2D eigenvalue weighted by molar-refractivity contribution is 7.79. The molecule has 4 rings (SSSR count). The zero-order chi connectivity index (χ0) is 25.3. The molecule has 0 spiro atoms. The van der Waals surface area contributed by atoms with Crippen molar-refractivity contribution in [3.05, 3.63) is 154 Å². The van der Waals surface area contributed by atoms with Crippen LogP contribution in [0.5, 0.6) is 0 Å². The molecule has 0 amide bonds. The Morgan fingerprint density at radius 1 is 0.500 bits per heavy atom. The van der Waals surface area contributed by atoms with Gasteiger partial charge in [-0.3, -0.25) is 0 Å². The molecular weight excluding hydrogens is 473 g/mol. The SMILES string of the molecule is CCc1cccc(C(=CC=C(c2ccc(CS)cc2)c2ccc(CS)cc2)c2cccc(CC)c2)c1. The zero-order valence-corrected chi connectivity index (χ0v) is 22.9. The van der Waals surface area contributed by atoms with E-state index in [9.17, 15) is 0 Å². The van der Waals surface area contributed by atoms with Gasteiger partial charge in [0.1, 0.15) is 0 Å². The van der Waals surface area contributed by atoms with Crippen LogP contribution in [0.2, 0.25) is 0 Å². The predicted molar refractivity (Wildman–Crippen MR) is 164 cm³/mol. The maximum Gasteiger partial charge on any atom is 0.0154 e. The highest BCUT2D eigenvalue weighted by atomic mass is 32.1. The highest BCUT2D eigenvalue weighted by Crippen LogP contribution is 2.29. The molecule has 0 fully saturated rings. The molecule has 36 heavy (non-hydrogen) atoms. The van der Waals surface area contributed by atoms with E-state index in [-0.39, 0.29) is 0 Å². The summed E-state index contributed by atoms with van der Waals surface area (Å²) in [6.45, 7) is 4.42. The van der Waals surface area contributed by atoms with Gasteiger partial charge in [0.2, 0.25) is 0 Å². The number of thiol groups is 2. The number of allylic oxidation sites excluding steroid dienone is 2. The molecule has 0 saturated heterocycles. The molecule has 0 bridgehead atoms. The van der Waals surface area contributed by atoms with Crippen LogP contribution >= 0.6 is 25.3 Å². The minimum Gasteiger partial charge on any atom is -0.175 e. The Morgan fingerprint density at radius 3 is 1.25 bits per heavy atom. The van der Waals surface area contributed by atoms with Crippen molar-refractivity contribution in [3.63, 3.8) is 0 Å². The summed E-state index contributed by atoms with van der Waals surface area (Å²) in [6.07, 6.45) is 6.61. The quantitative estimate of drug-likeness (QED) is 0.164. The molecule has 0 aliphatic heterocycles. The lowest BCUT2D eigenvalue weighted by Crippen LogP contribution is -1.93. The topological polar surface area (TPSA) is 0 Å². The normalized spacial score (nSPS) is 10.7. The van der Waals surface area contributed by atoms with Crippen LogP contribution in [0.15, 0.2) is 109 Å². The molecule has 0 atom stereocenters. The Balaban J connectivity index is 1.89. The highest BCUT2D eigenvalue weighted by Gasteiger charge is 2.09. The van der Waals surface area contributed by atoms with Crippen LogP contribution in [-0.2, 0) is 24.3 Å². The minimum absolute atomic E-state index is 0.738. The lowest BCUT2D eigenvalue weighted by atomic mass is 9.92. The Bertz CT molecular complexity index is 1240. The number of hydrogen-bond acceptors (Lipinski definition) is 2. The average molecular weight is 507 g/mol. The third-order valence-electron chi connectivity index (χ3n) is 6.60. The van der Waals surface area contributed by atoms with Crippen LogP contribution in [0.25, 0.3) is 11.1 Å². The minimum atomic E-state index is 0.738. The Morgan fingerprint density at radius 2 is 0.889 bits per heavy atom. The first-order chi connectivity index (χ1) is 17.6. The number of rotatable bonds is 9. The first-order valence-corrected chi connectivity index (χ1v) is 13.9. The fourth-order valence-corrected chi connectivity index (χ4v) is 4.80. The second-order valence-electron chi connectivity index (χ2n) is 8.98. The van der Waals surface area contributed by atoms with E-state index in [4.69, 9.17) is 0 Å². The molecule has 2 heteroatoms. The summed E-state index contributed by atoms with van der Waals surface area (Å²) in [6, 6.07) is 35.3. The van der Waals surface area contributed by atoms with E-state index >= 15 is 0 Å². The average Bonchev–Trinajstić information content (AvgIpc) is 2.95. The molecule has 0 heterocycles. The standard InChI is InChI=1S/C34H34S2/c1-3-25-7-5-9-31(21-25)34(32-10-6-8-26(4-2)22-32)20-19-33(29-15-11-27(23-35)12-16-29)30-17-13-28(24-36)14-18-30/h5-22,35-36H,3-4,23-24H2,1-2H3. The molecule has 0 radical (unpaired) electrons. The van der Waals surface area contributed by atoms with Crippen molar-refractivity contribution in [2.45, 2.75) is 38.2 Å². The Kier molecular flexibility index (Phi) is 9.33. The van der Waals surface area contributed by atoms with Crippen LogP contribution in [0.4, 0.5) is 0 Å². The molecule has 0 unspecified atom stereocenters. The van der Waals surface area contributed by atoms with Gasteiger partial charge in [-0.15, -0.1) is 0 Å². The van der Waals surface area contributed by atoms with Crippen molar-refractivity contribution in [3.8, 4) is 0 Å². The van der Waals surface area contributed by atoms with Crippen molar-refractivity contribution < 1.29 is 0 Å². The summed E-state index contributed by atoms with van der Waals surface area (Å²) < 4.78 is 0. The molecule has 4 aromatic carbocycles. The van der Waals surface area contributed by atoms with E-state index in [2.05, 4.69) is 148 Å². The van der Waals surface area contributed by atoms with Gasteiger partial charge in [-0.2, -0.15) is 25.3 Å². The smallest absolute Gasteiger partial charge is 0.0154 e. The first-order valence-electron chi connectivity index (χ1n) is 12.7. The molecule has 0 aliphatic carbocycles. The summed E-state index contributed by atoms with van der Waals surface area (Å²) in [5.41, 5.74) is 12.4. The lowest BCUT2D eigenvalue weighted by molar-refractivity contribution is 1.13. The van der Waals surface area contributed by atoms with Gasteiger partial charge in [0.05, 0.1) is 0 Å². The zero-order valence-electron chi connectivity index (χ0n) is 21.1. The van der Waals surface area contributed by atoms with Crippen molar-refractivity contribution in [1.82, 2.24) is 0 Å². The van der Waals surface area contributed by atoms with Crippen molar-refractivity contribution in [1.29, 1.82) is 0 Å². The van der Waals surface area contributed by atoms with E-state index in [0.29, 0.717) is 0 Å². The largest absolute Gasteiger partial charge is 0.175 e. The van der Waals surface area contributed by atoms with E-state index in [0.717, 1.165) is 24.3 Å². The summed E-state index contributed by atoms with van der Waals surface area (Å²) in [5.74, 6) is 1.48. The first kappa shape index (κ1) is 26.1. The summed E-state index contributed by atoms with van der Waals surface area (Å²) in [5, 5.41) is 0. The maximum absolute atomic E-state index is 4.44. The molecule has 0 nitrogen and oxygen atoms in total. The van der Waals surface area contributed by atoms with Crippen molar-refractivity contribution >= 4 is 36.4 Å². The Hall–Kier alpha value is -2.94. The molecule has 0 aliphatic rings. The fraction of sp³-hybridized carbons (Fsp3) is 0.176. The molecule has 0 N–H and O–H groups in total. The summed E-state index contributed by atoms with van der Waals surface area (Å²) in [7, 11) is 0. The van der Waals surface area contributed by atoms with E-state index in [1.807, 2.05) is 0 Å². The third-order valence-corrected chi connectivity index (χ3v) is 7.33. The van der Waals surface area contributed by atoms with Crippen LogP contribution in [0.3, 0.4) is 0 Å². The van der Waals surface area contributed by atoms with Gasteiger partial charge in [0.15, 0.2) is 0 Å². The molecular formula is C34H34S2. The monoisotopic (exact) mass is 506 g/mol. The van der Waals surface area contributed by atoms with E-state index in [1.165, 1.54) is 55.7 Å². The van der Waals surface area contributed by atoms with Gasteiger partial charge in [0.25, 0.3) is 0 Å². The van der Waals surface area contributed by atoms with Crippen molar-refractivity contribution in [2.24, 2.45) is 0 Å². The van der Waals surface area contributed by atoms with Crippen LogP contribution < -0.4 is 0 Å². The van der Waals surface area contributed by atoms with E-state index < -0.39 is 0 Å². The second-order valence-corrected chi connectivity index (χ2v) is 9.61. The lowest BCUT2D eigenvalue weighted by Gasteiger charge is -2.13.